The molecule has 9 heteroatoms. The number of aliphatic hydroxyl groups is 1. The number of fused-ring (bicyclic) bond motifs is 1. The summed E-state index contributed by atoms with van der Waals surface area (Å²) < 4.78 is 1.77. The smallest absolute Gasteiger partial charge is 0.309 e. The number of aryl methyl sites for hydroxylation is 1. The number of benzene rings is 2. The van der Waals surface area contributed by atoms with Crippen LogP contribution < -0.4 is 10.6 Å². The number of carboxylic acid groups (broad SMARTS) is 1. The van der Waals surface area contributed by atoms with E-state index in [9.17, 15) is 15.0 Å². The molecular formula is C35H42N6O3. The maximum absolute atomic E-state index is 11.6. The van der Waals surface area contributed by atoms with Crippen molar-refractivity contribution in [2.75, 3.05) is 18.0 Å². The average Bonchev–Trinajstić information content (AvgIpc) is 3.41. The fourth-order valence-electron chi connectivity index (χ4n) is 5.97. The van der Waals surface area contributed by atoms with E-state index < -0.39 is 17.5 Å². The summed E-state index contributed by atoms with van der Waals surface area (Å²) in [4.78, 5) is 23.6. The Hall–Kier alpha value is -4.50. The molecule has 2 aromatic carbocycles. The quantitative estimate of drug-likeness (QED) is 0.194. The molecule has 2 aromatic heterocycles. The van der Waals surface area contributed by atoms with Gasteiger partial charge in [-0.05, 0) is 68.9 Å². The van der Waals surface area contributed by atoms with Crippen LogP contribution in [0.1, 0.15) is 63.5 Å². The van der Waals surface area contributed by atoms with Crippen molar-refractivity contribution in [3.05, 3.63) is 89.3 Å². The van der Waals surface area contributed by atoms with Gasteiger partial charge < -0.3 is 20.8 Å². The van der Waals surface area contributed by atoms with Crippen LogP contribution >= 0.6 is 0 Å². The van der Waals surface area contributed by atoms with Crippen LogP contribution in [-0.4, -0.2) is 49.7 Å². The third kappa shape index (κ3) is 6.38. The highest BCUT2D eigenvalue weighted by atomic mass is 16.4. The molecule has 0 spiro atoms. The molecule has 1 unspecified atom stereocenters. The van der Waals surface area contributed by atoms with Crippen molar-refractivity contribution in [2.45, 2.75) is 60.1 Å². The Morgan fingerprint density at radius 1 is 1.07 bits per heavy atom. The van der Waals surface area contributed by atoms with E-state index in [2.05, 4.69) is 18.7 Å². The first-order valence-corrected chi connectivity index (χ1v) is 15.2. The third-order valence-corrected chi connectivity index (χ3v) is 8.73. The number of allylic oxidation sites excluding steroid dienone is 1. The van der Waals surface area contributed by atoms with E-state index in [0.29, 0.717) is 38.2 Å². The molecule has 1 aliphatic heterocycles. The van der Waals surface area contributed by atoms with Crippen LogP contribution in [-0.2, 0) is 11.3 Å². The van der Waals surface area contributed by atoms with Crippen molar-refractivity contribution in [3.8, 4) is 0 Å². The molecule has 1 aliphatic rings. The number of nitrogens with two attached hydrogens (primary N) is 1. The maximum Gasteiger partial charge on any atom is 0.309 e. The molecule has 0 amide bonds. The van der Waals surface area contributed by atoms with E-state index >= 15 is 0 Å². The molecule has 3 heterocycles. The number of hydrogen-bond acceptors (Lipinski definition) is 7. The zero-order chi connectivity index (χ0) is 31.6. The lowest BCUT2D eigenvalue weighted by molar-refractivity contribution is -0.149. The van der Waals surface area contributed by atoms with Gasteiger partial charge >= 0.3 is 5.97 Å². The Bertz CT molecular complexity index is 1720. The highest BCUT2D eigenvalue weighted by Crippen LogP contribution is 2.34. The number of nitrogens with zero attached hydrogens (tertiary/aromatic N) is 5. The van der Waals surface area contributed by atoms with Crippen LogP contribution in [0, 0.1) is 18.3 Å². The second kappa shape index (κ2) is 12.6. The largest absolute Gasteiger partial charge is 0.481 e. The molecule has 0 saturated carbocycles. The van der Waals surface area contributed by atoms with Gasteiger partial charge in [-0.1, -0.05) is 56.3 Å². The number of carbonyl (C=O) groups is 1. The van der Waals surface area contributed by atoms with Gasteiger partial charge in [-0.3, -0.25) is 14.5 Å². The minimum Gasteiger partial charge on any atom is -0.481 e. The van der Waals surface area contributed by atoms with Gasteiger partial charge in [-0.15, -0.1) is 0 Å². The number of hydrogen-bond donors (Lipinski definition) is 3. The lowest BCUT2D eigenvalue weighted by Crippen LogP contribution is -2.43. The molecule has 1 atom stereocenters. The summed E-state index contributed by atoms with van der Waals surface area (Å²) in [6.07, 6.45) is 2.44. The van der Waals surface area contributed by atoms with Crippen LogP contribution in [0.25, 0.3) is 16.6 Å². The minimum atomic E-state index is -0.735. The van der Waals surface area contributed by atoms with Crippen molar-refractivity contribution in [2.24, 2.45) is 22.1 Å². The molecule has 0 bridgehead atoms. The van der Waals surface area contributed by atoms with E-state index in [0.717, 1.165) is 50.5 Å². The molecule has 1 saturated heterocycles. The van der Waals surface area contributed by atoms with E-state index in [1.54, 1.807) is 4.68 Å². The van der Waals surface area contributed by atoms with Crippen molar-refractivity contribution in [1.29, 1.82) is 0 Å². The van der Waals surface area contributed by atoms with Crippen LogP contribution in [0.4, 0.5) is 11.5 Å². The first-order chi connectivity index (χ1) is 21.0. The monoisotopic (exact) mass is 594 g/mol. The standard InChI is InChI=1S/C35H42N6O3/c1-22(2)32(24(4)37-28-14-15-31(38-23(28)3)40-18-16-35(5,17-19-40)34(43)44)33(36)26-12-9-13-29-27(26)20-41(39-29)21-30(42)25-10-7-6-8-11-25/h6-15,20,22,30,42H,16-19,21,36H2,1-5H3,(H,43,44)/b33-32-,37-24?. The first kappa shape index (κ1) is 30.9. The van der Waals surface area contributed by atoms with Crippen molar-refractivity contribution >= 4 is 39.8 Å². The summed E-state index contributed by atoms with van der Waals surface area (Å²) in [6.45, 7) is 11.6. The molecule has 4 N–H and O–H groups in total. The molecule has 4 aromatic rings. The maximum atomic E-state index is 11.6. The molecular weight excluding hydrogens is 552 g/mol. The summed E-state index contributed by atoms with van der Waals surface area (Å²) in [5, 5.41) is 26.0. The topological polar surface area (TPSA) is 130 Å². The number of rotatable bonds is 9. The number of aliphatic carboxylic acids is 1. The Morgan fingerprint density at radius 3 is 2.41 bits per heavy atom. The zero-order valence-corrected chi connectivity index (χ0v) is 26.2. The number of aromatic nitrogens is 3. The van der Waals surface area contributed by atoms with Crippen molar-refractivity contribution in [1.82, 2.24) is 14.8 Å². The lowest BCUT2D eigenvalue weighted by atomic mass is 9.80. The summed E-state index contributed by atoms with van der Waals surface area (Å²) in [5.41, 5.74) is 12.7. The van der Waals surface area contributed by atoms with E-state index in [1.807, 2.05) is 87.6 Å². The summed E-state index contributed by atoms with van der Waals surface area (Å²) >= 11 is 0. The van der Waals surface area contributed by atoms with Crippen LogP contribution in [0.15, 0.2) is 77.4 Å². The Kier molecular flexibility index (Phi) is 8.87. The summed E-state index contributed by atoms with van der Waals surface area (Å²) in [7, 11) is 0. The molecule has 44 heavy (non-hydrogen) atoms. The lowest BCUT2D eigenvalue weighted by Gasteiger charge is -2.37. The Balaban J connectivity index is 1.41. The average molecular weight is 595 g/mol. The van der Waals surface area contributed by atoms with Crippen LogP contribution in [0.2, 0.25) is 0 Å². The van der Waals surface area contributed by atoms with Crippen LogP contribution in [0.5, 0.6) is 0 Å². The van der Waals surface area contributed by atoms with Gasteiger partial charge in [0.2, 0.25) is 0 Å². The van der Waals surface area contributed by atoms with Crippen LogP contribution in [0.3, 0.4) is 0 Å². The number of piperidine rings is 1. The fraction of sp³-hybridized carbons (Fsp3) is 0.371. The van der Waals surface area contributed by atoms with Gasteiger partial charge in [0, 0.05) is 41.6 Å². The zero-order valence-electron chi connectivity index (χ0n) is 26.2. The van der Waals surface area contributed by atoms with Gasteiger partial charge in [0.1, 0.15) is 5.82 Å². The van der Waals surface area contributed by atoms with E-state index in [4.69, 9.17) is 20.8 Å². The number of pyridine rings is 1. The molecule has 9 nitrogen and oxygen atoms in total. The minimum absolute atomic E-state index is 0.105. The van der Waals surface area contributed by atoms with Crippen molar-refractivity contribution in [3.63, 3.8) is 0 Å². The summed E-state index contributed by atoms with van der Waals surface area (Å²) in [6, 6.07) is 19.4. The second-order valence-corrected chi connectivity index (χ2v) is 12.3. The SMILES string of the molecule is CC(=Nc1ccc(N2CCC(C)(C(=O)O)CC2)nc1C)/C(=C(\N)c1cccc2nn(CC(O)c3ccccc3)cc12)C(C)C. The number of aliphatic hydroxyl groups excluding tert-OH is 1. The first-order valence-electron chi connectivity index (χ1n) is 15.2. The van der Waals surface area contributed by atoms with Gasteiger partial charge in [0.25, 0.3) is 0 Å². The second-order valence-electron chi connectivity index (χ2n) is 12.3. The normalized spacial score (nSPS) is 16.7. The van der Waals surface area contributed by atoms with Gasteiger partial charge in [-0.2, -0.15) is 5.10 Å². The fourth-order valence-corrected chi connectivity index (χ4v) is 5.97. The summed E-state index contributed by atoms with van der Waals surface area (Å²) in [5.74, 6) is 0.210. The third-order valence-electron chi connectivity index (χ3n) is 8.73. The van der Waals surface area contributed by atoms with E-state index in [1.165, 1.54) is 0 Å². The van der Waals surface area contributed by atoms with Gasteiger partial charge in [0.05, 0.1) is 35.0 Å². The predicted molar refractivity (Wildman–Crippen MR) is 176 cm³/mol. The predicted octanol–water partition coefficient (Wildman–Crippen LogP) is 6.28. The van der Waals surface area contributed by atoms with Gasteiger partial charge in [0.15, 0.2) is 0 Å². The molecule has 1 fully saturated rings. The highest BCUT2D eigenvalue weighted by molar-refractivity contribution is 6.08. The molecule has 5 rings (SSSR count). The van der Waals surface area contributed by atoms with Crippen molar-refractivity contribution < 1.29 is 15.0 Å². The Morgan fingerprint density at radius 2 is 1.77 bits per heavy atom. The molecule has 0 aliphatic carbocycles. The van der Waals surface area contributed by atoms with E-state index in [-0.39, 0.29) is 5.92 Å². The highest BCUT2D eigenvalue weighted by Gasteiger charge is 2.37. The number of aliphatic imine (C=N–C) groups is 1. The Labute approximate surface area is 258 Å². The van der Waals surface area contributed by atoms with Gasteiger partial charge in [-0.25, -0.2) is 4.98 Å². The number of carboxylic acids is 1. The molecule has 0 radical (unpaired) electrons. The molecule has 230 valence electrons. The number of anilines is 1.